The minimum atomic E-state index is -0.0606. The molecule has 2 rings (SSSR count). The van der Waals surface area contributed by atoms with E-state index in [1.807, 2.05) is 0 Å². The van der Waals surface area contributed by atoms with Gasteiger partial charge in [-0.05, 0) is 32.0 Å². The summed E-state index contributed by atoms with van der Waals surface area (Å²) in [6.07, 6.45) is 0.432. The molecule has 0 amide bonds. The Kier molecular flexibility index (Phi) is 2.84. The van der Waals surface area contributed by atoms with Crippen molar-refractivity contribution in [1.82, 2.24) is 0 Å². The van der Waals surface area contributed by atoms with Crippen LogP contribution in [0.25, 0.3) is 11.0 Å². The molecule has 0 bridgehead atoms. The summed E-state index contributed by atoms with van der Waals surface area (Å²) in [4.78, 5) is 23.6. The van der Waals surface area contributed by atoms with Gasteiger partial charge >= 0.3 is 0 Å². The SMILES string of the molecule is CCC(=O)c1ccc2oc(C)c(C)c(=O)c2c1. The van der Waals surface area contributed by atoms with Crippen molar-refractivity contribution in [2.24, 2.45) is 0 Å². The summed E-state index contributed by atoms with van der Waals surface area (Å²) in [5.74, 6) is 0.654. The first-order valence-electron chi connectivity index (χ1n) is 5.62. The lowest BCUT2D eigenvalue weighted by atomic mass is 10.0. The summed E-state index contributed by atoms with van der Waals surface area (Å²) in [7, 11) is 0. The molecule has 0 spiro atoms. The monoisotopic (exact) mass is 230 g/mol. The van der Waals surface area contributed by atoms with E-state index in [2.05, 4.69) is 0 Å². The number of carbonyl (C=O) groups excluding carboxylic acids is 1. The number of benzene rings is 1. The molecule has 0 saturated carbocycles. The summed E-state index contributed by atoms with van der Waals surface area (Å²) < 4.78 is 5.53. The molecule has 1 aromatic carbocycles. The van der Waals surface area contributed by atoms with Crippen LogP contribution in [0, 0.1) is 13.8 Å². The quantitative estimate of drug-likeness (QED) is 0.745. The number of fused-ring (bicyclic) bond motifs is 1. The summed E-state index contributed by atoms with van der Waals surface area (Å²) >= 11 is 0. The molecule has 0 N–H and O–H groups in total. The molecule has 88 valence electrons. The normalized spacial score (nSPS) is 10.8. The van der Waals surface area contributed by atoms with Crippen LogP contribution < -0.4 is 5.43 Å². The molecule has 1 heterocycles. The molecule has 17 heavy (non-hydrogen) atoms. The van der Waals surface area contributed by atoms with E-state index in [1.165, 1.54) is 0 Å². The number of Topliss-reactive ketones (excluding diaryl/α,β-unsaturated/α-hetero) is 1. The zero-order valence-electron chi connectivity index (χ0n) is 10.2. The zero-order chi connectivity index (χ0) is 12.6. The fraction of sp³-hybridized carbons (Fsp3) is 0.286. The van der Waals surface area contributed by atoms with Crippen molar-refractivity contribution in [3.63, 3.8) is 0 Å². The van der Waals surface area contributed by atoms with Gasteiger partial charge in [0.25, 0.3) is 0 Å². The minimum Gasteiger partial charge on any atom is -0.461 e. The topological polar surface area (TPSA) is 47.3 Å². The molecule has 0 fully saturated rings. The van der Waals surface area contributed by atoms with Crippen molar-refractivity contribution >= 4 is 16.8 Å². The van der Waals surface area contributed by atoms with Crippen LogP contribution in [0.2, 0.25) is 0 Å². The maximum Gasteiger partial charge on any atom is 0.195 e. The van der Waals surface area contributed by atoms with Crippen molar-refractivity contribution in [2.75, 3.05) is 0 Å². The van der Waals surface area contributed by atoms with Gasteiger partial charge in [0.05, 0.1) is 5.39 Å². The molecule has 3 heteroatoms. The van der Waals surface area contributed by atoms with Crippen molar-refractivity contribution in [2.45, 2.75) is 27.2 Å². The van der Waals surface area contributed by atoms with Crippen molar-refractivity contribution in [3.8, 4) is 0 Å². The largest absolute Gasteiger partial charge is 0.461 e. The number of carbonyl (C=O) groups is 1. The lowest BCUT2D eigenvalue weighted by molar-refractivity contribution is 0.0988. The Morgan fingerprint density at radius 3 is 2.65 bits per heavy atom. The Hall–Kier alpha value is -1.90. The van der Waals surface area contributed by atoms with Crippen molar-refractivity contribution in [1.29, 1.82) is 0 Å². The highest BCUT2D eigenvalue weighted by Crippen LogP contribution is 2.17. The lowest BCUT2D eigenvalue weighted by Crippen LogP contribution is -2.08. The van der Waals surface area contributed by atoms with Crippen LogP contribution in [0.3, 0.4) is 0 Å². The Balaban J connectivity index is 2.78. The van der Waals surface area contributed by atoms with E-state index in [4.69, 9.17) is 4.42 Å². The van der Waals surface area contributed by atoms with Gasteiger partial charge in [-0.3, -0.25) is 9.59 Å². The van der Waals surface area contributed by atoms with Crippen LogP contribution in [-0.4, -0.2) is 5.78 Å². The number of rotatable bonds is 2. The van der Waals surface area contributed by atoms with Crippen LogP contribution >= 0.6 is 0 Å². The molecule has 3 nitrogen and oxygen atoms in total. The average Bonchev–Trinajstić information content (AvgIpc) is 2.35. The summed E-state index contributed by atoms with van der Waals surface area (Å²) in [6.45, 7) is 5.30. The van der Waals surface area contributed by atoms with E-state index < -0.39 is 0 Å². The molecular formula is C14H14O3. The van der Waals surface area contributed by atoms with Gasteiger partial charge in [0.2, 0.25) is 0 Å². The maximum absolute atomic E-state index is 12.0. The van der Waals surface area contributed by atoms with Gasteiger partial charge in [-0.25, -0.2) is 0 Å². The average molecular weight is 230 g/mol. The van der Waals surface area contributed by atoms with Gasteiger partial charge in [-0.2, -0.15) is 0 Å². The standard InChI is InChI=1S/C14H14O3/c1-4-12(15)10-5-6-13-11(7-10)14(16)8(2)9(3)17-13/h5-7H,4H2,1-3H3. The van der Waals surface area contributed by atoms with Crippen molar-refractivity contribution in [3.05, 3.63) is 45.3 Å². The maximum atomic E-state index is 12.0. The second-order valence-corrected chi connectivity index (χ2v) is 4.10. The smallest absolute Gasteiger partial charge is 0.195 e. The fourth-order valence-corrected chi connectivity index (χ4v) is 1.78. The van der Waals surface area contributed by atoms with E-state index in [9.17, 15) is 9.59 Å². The molecule has 0 atom stereocenters. The predicted octanol–water partition coefficient (Wildman–Crippen LogP) is 3.00. The second kappa shape index (κ2) is 4.17. The van der Waals surface area contributed by atoms with E-state index >= 15 is 0 Å². The molecule has 0 saturated heterocycles. The third-order valence-electron chi connectivity index (χ3n) is 3.00. The van der Waals surface area contributed by atoms with Crippen LogP contribution in [0.1, 0.15) is 35.0 Å². The molecule has 2 aromatic rings. The molecule has 0 aliphatic heterocycles. The van der Waals surface area contributed by atoms with E-state index in [0.29, 0.717) is 34.3 Å². The van der Waals surface area contributed by atoms with E-state index in [-0.39, 0.29) is 11.2 Å². The van der Waals surface area contributed by atoms with Gasteiger partial charge in [0.15, 0.2) is 11.2 Å². The van der Waals surface area contributed by atoms with Gasteiger partial charge in [0, 0.05) is 17.5 Å². The summed E-state index contributed by atoms with van der Waals surface area (Å²) in [6, 6.07) is 5.01. The van der Waals surface area contributed by atoms with Gasteiger partial charge in [-0.15, -0.1) is 0 Å². The highest BCUT2D eigenvalue weighted by Gasteiger charge is 2.10. The minimum absolute atomic E-state index is 0.0320. The molecule has 0 aliphatic carbocycles. The molecule has 0 radical (unpaired) electrons. The number of ketones is 1. The third kappa shape index (κ3) is 1.88. The summed E-state index contributed by atoms with van der Waals surface area (Å²) in [5.41, 5.74) is 1.63. The molecule has 1 aromatic heterocycles. The number of hydrogen-bond acceptors (Lipinski definition) is 3. The number of aryl methyl sites for hydroxylation is 1. The first-order valence-corrected chi connectivity index (χ1v) is 5.62. The third-order valence-corrected chi connectivity index (χ3v) is 3.00. The lowest BCUT2D eigenvalue weighted by Gasteiger charge is -2.04. The molecule has 0 aliphatic rings. The van der Waals surface area contributed by atoms with E-state index in [1.54, 1.807) is 39.0 Å². The Morgan fingerprint density at radius 2 is 2.00 bits per heavy atom. The fourth-order valence-electron chi connectivity index (χ4n) is 1.78. The van der Waals surface area contributed by atoms with Crippen LogP contribution in [0.5, 0.6) is 0 Å². The number of hydrogen-bond donors (Lipinski definition) is 0. The first-order chi connectivity index (χ1) is 8.04. The van der Waals surface area contributed by atoms with Gasteiger partial charge in [-0.1, -0.05) is 6.92 Å². The Bertz CT molecular complexity index is 650. The van der Waals surface area contributed by atoms with Gasteiger partial charge in [0.1, 0.15) is 11.3 Å². The molecule has 0 unspecified atom stereocenters. The predicted molar refractivity (Wildman–Crippen MR) is 66.6 cm³/mol. The highest BCUT2D eigenvalue weighted by atomic mass is 16.3. The van der Waals surface area contributed by atoms with Crippen LogP contribution in [0.4, 0.5) is 0 Å². The second-order valence-electron chi connectivity index (χ2n) is 4.10. The zero-order valence-corrected chi connectivity index (χ0v) is 10.2. The summed E-state index contributed by atoms with van der Waals surface area (Å²) in [5, 5.41) is 0.479. The van der Waals surface area contributed by atoms with Crippen LogP contribution in [-0.2, 0) is 0 Å². The Morgan fingerprint density at radius 1 is 1.29 bits per heavy atom. The van der Waals surface area contributed by atoms with Gasteiger partial charge < -0.3 is 4.42 Å². The highest BCUT2D eigenvalue weighted by molar-refractivity contribution is 5.99. The van der Waals surface area contributed by atoms with Crippen molar-refractivity contribution < 1.29 is 9.21 Å². The first kappa shape index (κ1) is 11.6. The molecular weight excluding hydrogens is 216 g/mol. The Labute approximate surface area is 99.1 Å². The van der Waals surface area contributed by atoms with E-state index in [0.717, 1.165) is 0 Å². The van der Waals surface area contributed by atoms with Crippen LogP contribution in [0.15, 0.2) is 27.4 Å².